The normalized spacial score (nSPS) is 23.2. The molecule has 0 radical (unpaired) electrons. The van der Waals surface area contributed by atoms with Crippen LogP contribution in [0, 0.1) is 5.92 Å². The summed E-state index contributed by atoms with van der Waals surface area (Å²) in [4.78, 5) is 27.4. The standard InChI is InChI=1S/C16H22N4O2/c21-15-4-2-13(16(22)20-15)14-3-1-12(10-19-14)18-9-11-5-7-17-8-6-11/h1,3,10-11,13,17-18H,2,4-9H2,(H,20,21,22). The summed E-state index contributed by atoms with van der Waals surface area (Å²) in [6.45, 7) is 3.15. The Hall–Kier alpha value is -1.95. The van der Waals surface area contributed by atoms with Crippen LogP contribution >= 0.6 is 0 Å². The number of carbonyl (C=O) groups excluding carboxylic acids is 2. The van der Waals surface area contributed by atoms with Crippen LogP contribution in [0.25, 0.3) is 0 Å². The van der Waals surface area contributed by atoms with E-state index in [1.165, 1.54) is 12.8 Å². The Balaban J connectivity index is 1.55. The number of aromatic nitrogens is 1. The van der Waals surface area contributed by atoms with Crippen LogP contribution in [-0.4, -0.2) is 36.4 Å². The Bertz CT molecular complexity index is 538. The molecule has 0 spiro atoms. The van der Waals surface area contributed by atoms with E-state index in [4.69, 9.17) is 0 Å². The van der Waals surface area contributed by atoms with Gasteiger partial charge in [0.2, 0.25) is 11.8 Å². The van der Waals surface area contributed by atoms with E-state index in [0.29, 0.717) is 18.8 Å². The zero-order valence-corrected chi connectivity index (χ0v) is 12.6. The van der Waals surface area contributed by atoms with Gasteiger partial charge < -0.3 is 10.6 Å². The van der Waals surface area contributed by atoms with Gasteiger partial charge in [0, 0.05) is 13.0 Å². The summed E-state index contributed by atoms with van der Waals surface area (Å²) < 4.78 is 0. The highest BCUT2D eigenvalue weighted by Gasteiger charge is 2.28. The molecule has 3 heterocycles. The highest BCUT2D eigenvalue weighted by molar-refractivity contribution is 6.00. The van der Waals surface area contributed by atoms with Gasteiger partial charge in [0.1, 0.15) is 0 Å². The number of rotatable bonds is 4. The van der Waals surface area contributed by atoms with E-state index in [9.17, 15) is 9.59 Å². The van der Waals surface area contributed by atoms with Gasteiger partial charge in [0.25, 0.3) is 0 Å². The van der Waals surface area contributed by atoms with Crippen molar-refractivity contribution in [2.45, 2.75) is 31.6 Å². The van der Waals surface area contributed by atoms with Crippen molar-refractivity contribution < 1.29 is 9.59 Å². The molecule has 0 aromatic carbocycles. The Morgan fingerprint density at radius 2 is 2.00 bits per heavy atom. The van der Waals surface area contributed by atoms with Crippen LogP contribution in [0.5, 0.6) is 0 Å². The zero-order chi connectivity index (χ0) is 15.4. The lowest BCUT2D eigenvalue weighted by molar-refractivity contribution is -0.134. The maximum absolute atomic E-state index is 11.8. The summed E-state index contributed by atoms with van der Waals surface area (Å²) in [5.74, 6) is -0.0343. The van der Waals surface area contributed by atoms with Crippen LogP contribution in [0.15, 0.2) is 18.3 Å². The molecule has 2 fully saturated rings. The molecule has 22 heavy (non-hydrogen) atoms. The highest BCUT2D eigenvalue weighted by Crippen LogP contribution is 2.24. The van der Waals surface area contributed by atoms with Crippen molar-refractivity contribution in [3.05, 3.63) is 24.0 Å². The molecule has 3 N–H and O–H groups in total. The first-order chi connectivity index (χ1) is 10.7. The van der Waals surface area contributed by atoms with E-state index in [0.717, 1.165) is 31.0 Å². The number of piperidine rings is 2. The van der Waals surface area contributed by atoms with E-state index in [-0.39, 0.29) is 17.7 Å². The number of hydrogen-bond donors (Lipinski definition) is 3. The van der Waals surface area contributed by atoms with Gasteiger partial charge in [-0.15, -0.1) is 0 Å². The molecule has 1 unspecified atom stereocenters. The Labute approximate surface area is 130 Å². The number of nitrogens with one attached hydrogen (secondary N) is 3. The SMILES string of the molecule is O=C1CCC(c2ccc(NCC3CCNCC3)cn2)C(=O)N1. The highest BCUT2D eigenvalue weighted by atomic mass is 16.2. The van der Waals surface area contributed by atoms with Crippen molar-refractivity contribution in [1.82, 2.24) is 15.6 Å². The maximum Gasteiger partial charge on any atom is 0.235 e. The smallest absolute Gasteiger partial charge is 0.235 e. The lowest BCUT2D eigenvalue weighted by atomic mass is 9.94. The topological polar surface area (TPSA) is 83.1 Å². The number of nitrogens with zero attached hydrogens (tertiary/aromatic N) is 1. The minimum absolute atomic E-state index is 0.193. The largest absolute Gasteiger partial charge is 0.384 e. The summed E-state index contributed by atoms with van der Waals surface area (Å²) in [7, 11) is 0. The second kappa shape index (κ2) is 6.87. The van der Waals surface area contributed by atoms with E-state index >= 15 is 0 Å². The van der Waals surface area contributed by atoms with Gasteiger partial charge in [0.05, 0.1) is 23.5 Å². The number of imide groups is 1. The third kappa shape index (κ3) is 3.62. The monoisotopic (exact) mass is 302 g/mol. The van der Waals surface area contributed by atoms with Crippen molar-refractivity contribution in [2.75, 3.05) is 25.0 Å². The van der Waals surface area contributed by atoms with Gasteiger partial charge in [-0.3, -0.25) is 19.9 Å². The van der Waals surface area contributed by atoms with Crippen LogP contribution in [0.1, 0.15) is 37.3 Å². The molecule has 118 valence electrons. The fraction of sp³-hybridized carbons (Fsp3) is 0.562. The summed E-state index contributed by atoms with van der Waals surface area (Å²) in [5, 5.41) is 9.15. The third-order valence-electron chi connectivity index (χ3n) is 4.44. The summed E-state index contributed by atoms with van der Waals surface area (Å²) in [6.07, 6.45) is 5.11. The van der Waals surface area contributed by atoms with Gasteiger partial charge in [-0.1, -0.05) is 0 Å². The van der Waals surface area contributed by atoms with E-state index in [1.807, 2.05) is 12.1 Å². The molecule has 1 aromatic rings. The molecule has 6 heteroatoms. The zero-order valence-electron chi connectivity index (χ0n) is 12.6. The van der Waals surface area contributed by atoms with E-state index in [1.54, 1.807) is 6.20 Å². The minimum atomic E-state index is -0.309. The lowest BCUT2D eigenvalue weighted by Crippen LogP contribution is -2.39. The van der Waals surface area contributed by atoms with Gasteiger partial charge in [-0.05, 0) is 50.4 Å². The van der Waals surface area contributed by atoms with Crippen LogP contribution in [0.2, 0.25) is 0 Å². The van der Waals surface area contributed by atoms with E-state index in [2.05, 4.69) is 20.9 Å². The van der Waals surface area contributed by atoms with Gasteiger partial charge >= 0.3 is 0 Å². The first-order valence-corrected chi connectivity index (χ1v) is 7.96. The molecule has 2 saturated heterocycles. The maximum atomic E-state index is 11.8. The molecule has 2 aliphatic heterocycles. The van der Waals surface area contributed by atoms with Crippen molar-refractivity contribution in [2.24, 2.45) is 5.92 Å². The van der Waals surface area contributed by atoms with Gasteiger partial charge in [-0.25, -0.2) is 0 Å². The Kier molecular flexibility index (Phi) is 4.68. The second-order valence-corrected chi connectivity index (χ2v) is 6.05. The first-order valence-electron chi connectivity index (χ1n) is 7.96. The predicted octanol–water partition coefficient (Wildman–Crippen LogP) is 1.01. The fourth-order valence-electron chi connectivity index (χ4n) is 3.04. The third-order valence-corrected chi connectivity index (χ3v) is 4.44. The Morgan fingerprint density at radius 3 is 2.68 bits per heavy atom. The van der Waals surface area contributed by atoms with Crippen molar-refractivity contribution in [3.63, 3.8) is 0 Å². The molecule has 6 nitrogen and oxygen atoms in total. The van der Waals surface area contributed by atoms with E-state index < -0.39 is 0 Å². The molecule has 2 amide bonds. The van der Waals surface area contributed by atoms with Crippen molar-refractivity contribution >= 4 is 17.5 Å². The molecule has 3 rings (SSSR count). The summed E-state index contributed by atoms with van der Waals surface area (Å²) in [5.41, 5.74) is 1.71. The molecule has 2 aliphatic rings. The average molecular weight is 302 g/mol. The second-order valence-electron chi connectivity index (χ2n) is 6.05. The molecule has 0 aliphatic carbocycles. The van der Waals surface area contributed by atoms with Crippen molar-refractivity contribution in [1.29, 1.82) is 0 Å². The number of anilines is 1. The van der Waals surface area contributed by atoms with Crippen molar-refractivity contribution in [3.8, 4) is 0 Å². The quantitative estimate of drug-likeness (QED) is 0.723. The number of carbonyl (C=O) groups is 2. The van der Waals surface area contributed by atoms with Crippen LogP contribution < -0.4 is 16.0 Å². The molecule has 1 atom stereocenters. The number of amides is 2. The Morgan fingerprint density at radius 1 is 1.18 bits per heavy atom. The average Bonchev–Trinajstić information content (AvgIpc) is 2.55. The van der Waals surface area contributed by atoms with Gasteiger partial charge in [-0.2, -0.15) is 0 Å². The fourth-order valence-corrected chi connectivity index (χ4v) is 3.04. The van der Waals surface area contributed by atoms with Crippen LogP contribution in [0.3, 0.4) is 0 Å². The minimum Gasteiger partial charge on any atom is -0.384 e. The molecule has 1 aromatic heterocycles. The predicted molar refractivity (Wildman–Crippen MR) is 83.4 cm³/mol. The molecular formula is C16H22N4O2. The number of pyridine rings is 1. The van der Waals surface area contributed by atoms with Crippen LogP contribution in [0.4, 0.5) is 5.69 Å². The summed E-state index contributed by atoms with van der Waals surface area (Å²) >= 11 is 0. The van der Waals surface area contributed by atoms with Gasteiger partial charge in [0.15, 0.2) is 0 Å². The molecule has 0 bridgehead atoms. The number of hydrogen-bond acceptors (Lipinski definition) is 5. The molecular weight excluding hydrogens is 280 g/mol. The lowest BCUT2D eigenvalue weighted by Gasteiger charge is -2.23. The first kappa shape index (κ1) is 15.0. The summed E-state index contributed by atoms with van der Waals surface area (Å²) in [6, 6.07) is 3.85. The molecule has 0 saturated carbocycles. The van der Waals surface area contributed by atoms with Crippen LogP contribution in [-0.2, 0) is 9.59 Å².